The summed E-state index contributed by atoms with van der Waals surface area (Å²) in [6, 6.07) is 0.967. The van der Waals surface area contributed by atoms with E-state index < -0.39 is 0 Å². The zero-order valence-corrected chi connectivity index (χ0v) is 8.18. The van der Waals surface area contributed by atoms with E-state index in [9.17, 15) is 4.79 Å². The Kier molecular flexibility index (Phi) is 2.54. The lowest BCUT2D eigenvalue weighted by Gasteiger charge is -2.33. The molecule has 0 aromatic rings. The second-order valence-corrected chi connectivity index (χ2v) is 4.35. The average Bonchev–Trinajstić information content (AvgIpc) is 2.31. The van der Waals surface area contributed by atoms with E-state index >= 15 is 0 Å². The molecule has 1 saturated heterocycles. The Balaban J connectivity index is 1.73. The monoisotopic (exact) mass is 182 g/mol. The molecule has 2 N–H and O–H groups in total. The van der Waals surface area contributed by atoms with Gasteiger partial charge in [0.2, 0.25) is 5.91 Å². The molecule has 1 aliphatic carbocycles. The quantitative estimate of drug-likeness (QED) is 0.673. The Hall–Kier alpha value is -0.570. The molecule has 0 aromatic heterocycles. The van der Waals surface area contributed by atoms with Crippen LogP contribution in [-0.4, -0.2) is 24.5 Å². The van der Waals surface area contributed by atoms with E-state index in [4.69, 9.17) is 0 Å². The molecule has 2 atom stereocenters. The van der Waals surface area contributed by atoms with Crippen molar-refractivity contribution >= 4 is 5.91 Å². The molecule has 1 heterocycles. The van der Waals surface area contributed by atoms with Crippen LogP contribution in [-0.2, 0) is 4.79 Å². The van der Waals surface area contributed by atoms with Gasteiger partial charge in [-0.2, -0.15) is 0 Å². The van der Waals surface area contributed by atoms with E-state index in [1.807, 2.05) is 0 Å². The molecular formula is C10H18N2O. The van der Waals surface area contributed by atoms with Crippen LogP contribution in [0, 0.1) is 5.92 Å². The first kappa shape index (κ1) is 9.00. The first-order chi connectivity index (χ1) is 6.25. The Morgan fingerprint density at radius 2 is 2.31 bits per heavy atom. The standard InChI is InChI=1S/C10H18N2O/c1-7(8-3-2-4-8)12-9-5-10(13)11-6-9/h7-9,12H,2-6H2,1H3,(H,11,13). The van der Waals surface area contributed by atoms with E-state index in [1.54, 1.807) is 0 Å². The average molecular weight is 182 g/mol. The van der Waals surface area contributed by atoms with Crippen molar-refractivity contribution in [2.24, 2.45) is 5.92 Å². The van der Waals surface area contributed by atoms with Crippen LogP contribution >= 0.6 is 0 Å². The fourth-order valence-corrected chi connectivity index (χ4v) is 2.17. The van der Waals surface area contributed by atoms with Crippen molar-refractivity contribution in [1.29, 1.82) is 0 Å². The van der Waals surface area contributed by atoms with Gasteiger partial charge in [-0.3, -0.25) is 4.79 Å². The molecule has 74 valence electrons. The van der Waals surface area contributed by atoms with Crippen molar-refractivity contribution in [3.8, 4) is 0 Å². The number of hydrogen-bond acceptors (Lipinski definition) is 2. The summed E-state index contributed by atoms with van der Waals surface area (Å²) in [5, 5.41) is 6.38. The largest absolute Gasteiger partial charge is 0.354 e. The van der Waals surface area contributed by atoms with Gasteiger partial charge in [0.15, 0.2) is 0 Å². The van der Waals surface area contributed by atoms with Gasteiger partial charge in [-0.25, -0.2) is 0 Å². The summed E-state index contributed by atoms with van der Waals surface area (Å²) in [6.07, 6.45) is 4.78. The van der Waals surface area contributed by atoms with Gasteiger partial charge in [0.05, 0.1) is 0 Å². The van der Waals surface area contributed by atoms with Crippen molar-refractivity contribution in [2.45, 2.75) is 44.7 Å². The van der Waals surface area contributed by atoms with Crippen LogP contribution in [0.5, 0.6) is 0 Å². The summed E-state index contributed by atoms with van der Waals surface area (Å²) in [4.78, 5) is 10.9. The minimum Gasteiger partial charge on any atom is -0.354 e. The molecule has 13 heavy (non-hydrogen) atoms. The van der Waals surface area contributed by atoms with Crippen LogP contribution in [0.1, 0.15) is 32.6 Å². The maximum Gasteiger partial charge on any atom is 0.221 e. The fourth-order valence-electron chi connectivity index (χ4n) is 2.17. The van der Waals surface area contributed by atoms with Crippen LogP contribution in [0.2, 0.25) is 0 Å². The van der Waals surface area contributed by atoms with Gasteiger partial charge in [-0.15, -0.1) is 0 Å². The van der Waals surface area contributed by atoms with Crippen LogP contribution in [0.4, 0.5) is 0 Å². The minimum atomic E-state index is 0.193. The smallest absolute Gasteiger partial charge is 0.221 e. The molecule has 1 aliphatic heterocycles. The van der Waals surface area contributed by atoms with Crippen molar-refractivity contribution in [1.82, 2.24) is 10.6 Å². The van der Waals surface area contributed by atoms with Crippen LogP contribution < -0.4 is 10.6 Å². The Morgan fingerprint density at radius 3 is 2.77 bits per heavy atom. The maximum atomic E-state index is 10.9. The Labute approximate surface area is 79.3 Å². The molecule has 0 bridgehead atoms. The number of rotatable bonds is 3. The lowest BCUT2D eigenvalue weighted by molar-refractivity contribution is -0.119. The molecule has 2 aliphatic rings. The molecule has 1 amide bonds. The van der Waals surface area contributed by atoms with Crippen LogP contribution in [0.15, 0.2) is 0 Å². The van der Waals surface area contributed by atoms with E-state index in [-0.39, 0.29) is 5.91 Å². The van der Waals surface area contributed by atoms with Gasteiger partial charge in [0.1, 0.15) is 0 Å². The number of amides is 1. The zero-order valence-electron chi connectivity index (χ0n) is 8.18. The Bertz CT molecular complexity index is 201. The third-order valence-electron chi connectivity index (χ3n) is 3.33. The van der Waals surface area contributed by atoms with Crippen molar-refractivity contribution in [2.75, 3.05) is 6.54 Å². The maximum absolute atomic E-state index is 10.9. The minimum absolute atomic E-state index is 0.193. The van der Waals surface area contributed by atoms with Gasteiger partial charge in [-0.1, -0.05) is 6.42 Å². The second kappa shape index (κ2) is 3.66. The number of carbonyl (C=O) groups is 1. The summed E-state index contributed by atoms with van der Waals surface area (Å²) in [5.74, 6) is 1.05. The first-order valence-corrected chi connectivity index (χ1v) is 5.28. The highest BCUT2D eigenvalue weighted by Gasteiger charge is 2.28. The molecule has 3 heteroatoms. The molecule has 0 radical (unpaired) electrons. The first-order valence-electron chi connectivity index (χ1n) is 5.28. The highest BCUT2D eigenvalue weighted by Crippen LogP contribution is 2.29. The highest BCUT2D eigenvalue weighted by molar-refractivity contribution is 5.78. The van der Waals surface area contributed by atoms with E-state index in [2.05, 4.69) is 17.6 Å². The molecule has 0 aromatic carbocycles. The van der Waals surface area contributed by atoms with E-state index in [0.717, 1.165) is 12.5 Å². The molecule has 1 saturated carbocycles. The van der Waals surface area contributed by atoms with Gasteiger partial charge < -0.3 is 10.6 Å². The SMILES string of the molecule is CC(NC1CNC(=O)C1)C1CCC1. The summed E-state index contributed by atoms with van der Waals surface area (Å²) in [5.41, 5.74) is 0. The summed E-state index contributed by atoms with van der Waals surface area (Å²) in [6.45, 7) is 3.06. The van der Waals surface area contributed by atoms with E-state index in [0.29, 0.717) is 18.5 Å². The number of hydrogen-bond donors (Lipinski definition) is 2. The predicted octanol–water partition coefficient (Wildman–Crippen LogP) is 0.653. The molecule has 2 fully saturated rings. The molecule has 2 unspecified atom stereocenters. The normalized spacial score (nSPS) is 31.2. The van der Waals surface area contributed by atoms with Crippen LogP contribution in [0.25, 0.3) is 0 Å². The summed E-state index contributed by atoms with van der Waals surface area (Å²) >= 11 is 0. The highest BCUT2D eigenvalue weighted by atomic mass is 16.1. The van der Waals surface area contributed by atoms with Crippen molar-refractivity contribution < 1.29 is 4.79 Å². The Morgan fingerprint density at radius 1 is 1.54 bits per heavy atom. The topological polar surface area (TPSA) is 41.1 Å². The van der Waals surface area contributed by atoms with Gasteiger partial charge in [0, 0.05) is 25.0 Å². The number of carbonyl (C=O) groups excluding carboxylic acids is 1. The fraction of sp³-hybridized carbons (Fsp3) is 0.900. The lowest BCUT2D eigenvalue weighted by Crippen LogP contribution is -2.43. The summed E-state index contributed by atoms with van der Waals surface area (Å²) < 4.78 is 0. The second-order valence-electron chi connectivity index (χ2n) is 4.35. The lowest BCUT2D eigenvalue weighted by atomic mass is 9.80. The molecule has 0 spiro atoms. The van der Waals surface area contributed by atoms with Gasteiger partial charge in [0.25, 0.3) is 0 Å². The molecule has 3 nitrogen and oxygen atoms in total. The molecule has 2 rings (SSSR count). The van der Waals surface area contributed by atoms with Gasteiger partial charge >= 0.3 is 0 Å². The summed E-state index contributed by atoms with van der Waals surface area (Å²) in [7, 11) is 0. The predicted molar refractivity (Wildman–Crippen MR) is 51.4 cm³/mol. The molecular weight excluding hydrogens is 164 g/mol. The third kappa shape index (κ3) is 2.02. The van der Waals surface area contributed by atoms with Crippen LogP contribution in [0.3, 0.4) is 0 Å². The number of nitrogens with one attached hydrogen (secondary N) is 2. The zero-order chi connectivity index (χ0) is 9.26. The third-order valence-corrected chi connectivity index (χ3v) is 3.33. The van der Waals surface area contributed by atoms with Gasteiger partial charge in [-0.05, 0) is 25.7 Å². The van der Waals surface area contributed by atoms with Crippen molar-refractivity contribution in [3.63, 3.8) is 0 Å². The van der Waals surface area contributed by atoms with E-state index in [1.165, 1.54) is 19.3 Å². The van der Waals surface area contributed by atoms with Crippen molar-refractivity contribution in [3.05, 3.63) is 0 Å².